The molecule has 0 aromatic heterocycles. The maximum absolute atomic E-state index is 12.3. The maximum atomic E-state index is 12.3. The molecule has 1 aliphatic heterocycles. The van der Waals surface area contributed by atoms with Gasteiger partial charge in [0, 0.05) is 17.8 Å². The molecule has 2 aromatic rings. The standard InChI is InChI=1S/C16H14Cl2N2O/c17-13-5-4-10(8-14(13)18)16(21)20-15-3-1-2-11-9-19-7-6-12(11)15/h1-5,8,19H,6-7,9H2,(H,20,21). The van der Waals surface area contributed by atoms with E-state index in [1.165, 1.54) is 11.1 Å². The Morgan fingerprint density at radius 2 is 2.00 bits per heavy atom. The van der Waals surface area contributed by atoms with E-state index in [4.69, 9.17) is 23.2 Å². The monoisotopic (exact) mass is 320 g/mol. The molecule has 0 saturated carbocycles. The molecule has 1 heterocycles. The Bertz CT molecular complexity index is 701. The molecular weight excluding hydrogens is 307 g/mol. The van der Waals surface area contributed by atoms with Crippen molar-refractivity contribution in [2.45, 2.75) is 13.0 Å². The lowest BCUT2D eigenvalue weighted by molar-refractivity contribution is 0.102. The van der Waals surface area contributed by atoms with Gasteiger partial charge in [-0.3, -0.25) is 4.79 Å². The number of fused-ring (bicyclic) bond motifs is 1. The van der Waals surface area contributed by atoms with Gasteiger partial charge in [0.05, 0.1) is 10.0 Å². The van der Waals surface area contributed by atoms with E-state index in [0.717, 1.165) is 25.2 Å². The van der Waals surface area contributed by atoms with E-state index in [1.54, 1.807) is 18.2 Å². The van der Waals surface area contributed by atoms with Crippen LogP contribution in [0.1, 0.15) is 21.5 Å². The van der Waals surface area contributed by atoms with E-state index in [2.05, 4.69) is 16.7 Å². The van der Waals surface area contributed by atoms with Crippen LogP contribution in [0.4, 0.5) is 5.69 Å². The number of halogens is 2. The highest BCUT2D eigenvalue weighted by atomic mass is 35.5. The van der Waals surface area contributed by atoms with E-state index < -0.39 is 0 Å². The van der Waals surface area contributed by atoms with Crippen molar-refractivity contribution in [1.29, 1.82) is 0 Å². The predicted molar refractivity (Wildman–Crippen MR) is 86.3 cm³/mol. The topological polar surface area (TPSA) is 41.1 Å². The summed E-state index contributed by atoms with van der Waals surface area (Å²) in [6.07, 6.45) is 0.910. The zero-order valence-electron chi connectivity index (χ0n) is 11.2. The van der Waals surface area contributed by atoms with Crippen molar-refractivity contribution in [1.82, 2.24) is 5.32 Å². The normalized spacial score (nSPS) is 13.6. The Kier molecular flexibility index (Phi) is 4.15. The van der Waals surface area contributed by atoms with Crippen molar-refractivity contribution in [2.24, 2.45) is 0 Å². The second-order valence-corrected chi connectivity index (χ2v) is 5.77. The van der Waals surface area contributed by atoms with E-state index in [0.29, 0.717) is 15.6 Å². The van der Waals surface area contributed by atoms with E-state index >= 15 is 0 Å². The van der Waals surface area contributed by atoms with Gasteiger partial charge in [0.25, 0.3) is 5.91 Å². The van der Waals surface area contributed by atoms with Gasteiger partial charge in [0.15, 0.2) is 0 Å². The number of hydrogen-bond donors (Lipinski definition) is 2. The molecular formula is C16H14Cl2N2O. The molecule has 2 N–H and O–H groups in total. The SMILES string of the molecule is O=C(Nc1cccc2c1CCNC2)c1ccc(Cl)c(Cl)c1. The van der Waals surface area contributed by atoms with Crippen LogP contribution >= 0.6 is 23.2 Å². The van der Waals surface area contributed by atoms with E-state index in [9.17, 15) is 4.79 Å². The van der Waals surface area contributed by atoms with Crippen LogP contribution in [0.25, 0.3) is 0 Å². The maximum Gasteiger partial charge on any atom is 0.255 e. The first-order valence-electron chi connectivity index (χ1n) is 6.73. The summed E-state index contributed by atoms with van der Waals surface area (Å²) in [6.45, 7) is 1.76. The Hall–Kier alpha value is -1.55. The number of carbonyl (C=O) groups excluding carboxylic acids is 1. The zero-order chi connectivity index (χ0) is 14.8. The lowest BCUT2D eigenvalue weighted by Crippen LogP contribution is -2.25. The molecule has 21 heavy (non-hydrogen) atoms. The molecule has 0 bridgehead atoms. The van der Waals surface area contributed by atoms with Gasteiger partial charge in [-0.2, -0.15) is 0 Å². The first-order chi connectivity index (χ1) is 10.1. The molecule has 108 valence electrons. The Morgan fingerprint density at radius 3 is 2.81 bits per heavy atom. The smallest absolute Gasteiger partial charge is 0.255 e. The number of carbonyl (C=O) groups is 1. The molecule has 1 amide bonds. The van der Waals surface area contributed by atoms with Crippen molar-refractivity contribution >= 4 is 34.8 Å². The summed E-state index contributed by atoms with van der Waals surface area (Å²) < 4.78 is 0. The summed E-state index contributed by atoms with van der Waals surface area (Å²) >= 11 is 11.8. The highest BCUT2D eigenvalue weighted by Gasteiger charge is 2.15. The number of rotatable bonds is 2. The summed E-state index contributed by atoms with van der Waals surface area (Å²) in [5, 5.41) is 7.11. The Labute approximate surface area is 133 Å². The third-order valence-electron chi connectivity index (χ3n) is 3.57. The number of benzene rings is 2. The second-order valence-electron chi connectivity index (χ2n) is 4.95. The minimum Gasteiger partial charge on any atom is -0.322 e. The van der Waals surface area contributed by atoms with Crippen LogP contribution in [0.5, 0.6) is 0 Å². The average molecular weight is 321 g/mol. The summed E-state index contributed by atoms with van der Waals surface area (Å²) in [6, 6.07) is 10.8. The molecule has 5 heteroatoms. The molecule has 0 atom stereocenters. The van der Waals surface area contributed by atoms with Crippen LogP contribution in [0.2, 0.25) is 10.0 Å². The van der Waals surface area contributed by atoms with Gasteiger partial charge in [-0.25, -0.2) is 0 Å². The molecule has 3 nitrogen and oxygen atoms in total. The highest BCUT2D eigenvalue weighted by Crippen LogP contribution is 2.25. The molecule has 2 aromatic carbocycles. The van der Waals surface area contributed by atoms with Crippen LogP contribution in [0.3, 0.4) is 0 Å². The van der Waals surface area contributed by atoms with Gasteiger partial charge in [-0.05, 0) is 48.4 Å². The van der Waals surface area contributed by atoms with E-state index in [1.807, 2.05) is 12.1 Å². The summed E-state index contributed by atoms with van der Waals surface area (Å²) in [5.41, 5.74) is 3.79. The lowest BCUT2D eigenvalue weighted by Gasteiger charge is -2.20. The van der Waals surface area contributed by atoms with Crippen LogP contribution in [-0.2, 0) is 13.0 Å². The second kappa shape index (κ2) is 6.06. The van der Waals surface area contributed by atoms with Crippen LogP contribution in [0, 0.1) is 0 Å². The van der Waals surface area contributed by atoms with E-state index in [-0.39, 0.29) is 5.91 Å². The zero-order valence-corrected chi connectivity index (χ0v) is 12.8. The fourth-order valence-electron chi connectivity index (χ4n) is 2.48. The van der Waals surface area contributed by atoms with Crippen molar-refractivity contribution in [3.05, 3.63) is 63.1 Å². The molecule has 0 spiro atoms. The number of hydrogen-bond acceptors (Lipinski definition) is 2. The third-order valence-corrected chi connectivity index (χ3v) is 4.31. The Morgan fingerprint density at radius 1 is 1.14 bits per heavy atom. The van der Waals surface area contributed by atoms with Crippen LogP contribution in [-0.4, -0.2) is 12.5 Å². The fourth-order valence-corrected chi connectivity index (χ4v) is 2.78. The molecule has 1 aliphatic rings. The summed E-state index contributed by atoms with van der Waals surface area (Å²) in [5.74, 6) is -0.180. The van der Waals surface area contributed by atoms with Gasteiger partial charge in [-0.15, -0.1) is 0 Å². The lowest BCUT2D eigenvalue weighted by atomic mass is 9.99. The first kappa shape index (κ1) is 14.4. The average Bonchev–Trinajstić information content (AvgIpc) is 2.50. The molecule has 0 unspecified atom stereocenters. The van der Waals surface area contributed by atoms with Gasteiger partial charge < -0.3 is 10.6 Å². The minimum absolute atomic E-state index is 0.180. The summed E-state index contributed by atoms with van der Waals surface area (Å²) in [7, 11) is 0. The molecule has 0 fully saturated rings. The minimum atomic E-state index is -0.180. The quantitative estimate of drug-likeness (QED) is 0.881. The number of anilines is 1. The van der Waals surface area contributed by atoms with Gasteiger partial charge in [0.2, 0.25) is 0 Å². The Balaban J connectivity index is 1.86. The van der Waals surface area contributed by atoms with Gasteiger partial charge in [-0.1, -0.05) is 35.3 Å². The fraction of sp³-hybridized carbons (Fsp3) is 0.188. The van der Waals surface area contributed by atoms with Crippen molar-refractivity contribution < 1.29 is 4.79 Å². The van der Waals surface area contributed by atoms with Crippen LogP contribution in [0.15, 0.2) is 36.4 Å². The van der Waals surface area contributed by atoms with Crippen molar-refractivity contribution in [3.8, 4) is 0 Å². The molecule has 3 rings (SSSR count). The first-order valence-corrected chi connectivity index (χ1v) is 7.48. The van der Waals surface area contributed by atoms with Crippen molar-refractivity contribution in [3.63, 3.8) is 0 Å². The number of amides is 1. The number of nitrogens with one attached hydrogen (secondary N) is 2. The van der Waals surface area contributed by atoms with Crippen LogP contribution < -0.4 is 10.6 Å². The molecule has 0 radical (unpaired) electrons. The molecule has 0 saturated heterocycles. The third kappa shape index (κ3) is 3.05. The highest BCUT2D eigenvalue weighted by molar-refractivity contribution is 6.42. The molecule has 0 aliphatic carbocycles. The van der Waals surface area contributed by atoms with Crippen molar-refractivity contribution in [2.75, 3.05) is 11.9 Å². The van der Waals surface area contributed by atoms with Gasteiger partial charge >= 0.3 is 0 Å². The summed E-state index contributed by atoms with van der Waals surface area (Å²) in [4.78, 5) is 12.3. The largest absolute Gasteiger partial charge is 0.322 e. The predicted octanol–water partition coefficient (Wildman–Crippen LogP) is 3.89. The van der Waals surface area contributed by atoms with Gasteiger partial charge in [0.1, 0.15) is 0 Å².